The van der Waals surface area contributed by atoms with Gasteiger partial charge >= 0.3 is 0 Å². The molecule has 5 heteroatoms. The molecular formula is C22H26N4O. The van der Waals surface area contributed by atoms with Gasteiger partial charge in [0.25, 0.3) is 0 Å². The van der Waals surface area contributed by atoms with Crippen molar-refractivity contribution in [3.8, 4) is 11.5 Å². The molecule has 2 heterocycles. The minimum absolute atomic E-state index is 0.136. The third-order valence-corrected chi connectivity index (χ3v) is 5.63. The average molecular weight is 362 g/mol. The van der Waals surface area contributed by atoms with Gasteiger partial charge < -0.3 is 9.88 Å². The van der Waals surface area contributed by atoms with Crippen molar-refractivity contribution in [2.45, 2.75) is 46.0 Å². The van der Waals surface area contributed by atoms with E-state index < -0.39 is 0 Å². The first kappa shape index (κ1) is 17.7. The topological polar surface area (TPSA) is 61.9 Å². The van der Waals surface area contributed by atoms with Gasteiger partial charge in [-0.15, -0.1) is 0 Å². The fraction of sp³-hybridized carbons (Fsp3) is 0.409. The third-order valence-electron chi connectivity index (χ3n) is 5.63. The molecule has 1 aliphatic rings. The maximum atomic E-state index is 13.4. The number of para-hydroxylation sites is 1. The normalized spacial score (nSPS) is 15.2. The summed E-state index contributed by atoms with van der Waals surface area (Å²) >= 11 is 0. The highest BCUT2D eigenvalue weighted by atomic mass is 16.2. The number of hydrogen-bond acceptors (Lipinski definition) is 3. The van der Waals surface area contributed by atoms with Crippen LogP contribution in [0.4, 0.5) is 5.69 Å². The molecule has 1 saturated carbocycles. The van der Waals surface area contributed by atoms with Gasteiger partial charge in [-0.05, 0) is 32.8 Å². The summed E-state index contributed by atoms with van der Waals surface area (Å²) in [7, 11) is 0. The standard InChI is InChI=1S/C22H26N4O/c1-3-26(22(27)16-9-5-4-6-10-16)20-15(2)19(21-23-13-14-24-21)25-18-12-8-7-11-17(18)20/h7-8,11-14,16H,3-6,9-10H2,1-2H3,(H,23,24). The molecule has 4 rings (SSSR count). The van der Waals surface area contributed by atoms with Crippen molar-refractivity contribution in [1.29, 1.82) is 0 Å². The Kier molecular flexibility index (Phi) is 4.92. The van der Waals surface area contributed by atoms with E-state index in [1.54, 1.807) is 12.4 Å². The SMILES string of the molecule is CCN(C(=O)C1CCCCC1)c1c(C)c(-c2ncc[nH]2)nc2ccccc12. The number of fused-ring (bicyclic) bond motifs is 1. The summed E-state index contributed by atoms with van der Waals surface area (Å²) in [6.07, 6.45) is 9.09. The number of nitrogens with one attached hydrogen (secondary N) is 1. The molecule has 0 aliphatic heterocycles. The van der Waals surface area contributed by atoms with Gasteiger partial charge in [0.05, 0.1) is 11.2 Å². The van der Waals surface area contributed by atoms with Crippen LogP contribution in [0.5, 0.6) is 0 Å². The maximum Gasteiger partial charge on any atom is 0.230 e. The van der Waals surface area contributed by atoms with Crippen molar-refractivity contribution in [2.75, 3.05) is 11.4 Å². The Balaban J connectivity index is 1.87. The second kappa shape index (κ2) is 7.51. The van der Waals surface area contributed by atoms with Crippen LogP contribution in [-0.2, 0) is 4.79 Å². The molecule has 1 amide bonds. The summed E-state index contributed by atoms with van der Waals surface area (Å²) in [6, 6.07) is 8.06. The number of imidazole rings is 1. The summed E-state index contributed by atoms with van der Waals surface area (Å²) in [5, 5.41) is 1.02. The Morgan fingerprint density at radius 2 is 2.00 bits per heavy atom. The zero-order chi connectivity index (χ0) is 18.8. The van der Waals surface area contributed by atoms with Crippen LogP contribution in [0, 0.1) is 12.8 Å². The van der Waals surface area contributed by atoms with E-state index in [1.165, 1.54) is 6.42 Å². The number of pyridine rings is 1. The monoisotopic (exact) mass is 362 g/mol. The molecule has 2 aromatic heterocycles. The van der Waals surface area contributed by atoms with Gasteiger partial charge in [0.15, 0.2) is 5.82 Å². The molecule has 0 radical (unpaired) electrons. The lowest BCUT2D eigenvalue weighted by Gasteiger charge is -2.30. The number of H-pyrrole nitrogens is 1. The van der Waals surface area contributed by atoms with Gasteiger partial charge in [-0.3, -0.25) is 4.79 Å². The molecule has 3 aromatic rings. The van der Waals surface area contributed by atoms with E-state index in [4.69, 9.17) is 4.98 Å². The van der Waals surface area contributed by atoms with Gasteiger partial charge in [-0.1, -0.05) is 37.5 Å². The fourth-order valence-corrected chi connectivity index (χ4v) is 4.26. The van der Waals surface area contributed by atoms with Crippen molar-refractivity contribution >= 4 is 22.5 Å². The van der Waals surface area contributed by atoms with E-state index in [9.17, 15) is 4.79 Å². The third kappa shape index (κ3) is 3.22. The van der Waals surface area contributed by atoms with Crippen molar-refractivity contribution < 1.29 is 4.79 Å². The van der Waals surface area contributed by atoms with Crippen LogP contribution >= 0.6 is 0 Å². The van der Waals surface area contributed by atoms with Crippen LogP contribution in [0.1, 0.15) is 44.6 Å². The van der Waals surface area contributed by atoms with Crippen LogP contribution in [0.15, 0.2) is 36.7 Å². The largest absolute Gasteiger partial charge is 0.343 e. The van der Waals surface area contributed by atoms with E-state index in [1.807, 2.05) is 30.0 Å². The molecule has 27 heavy (non-hydrogen) atoms. The van der Waals surface area contributed by atoms with E-state index in [0.29, 0.717) is 6.54 Å². The maximum absolute atomic E-state index is 13.4. The minimum atomic E-state index is 0.136. The molecule has 1 aromatic carbocycles. The highest BCUT2D eigenvalue weighted by Gasteiger charge is 2.29. The predicted molar refractivity (Wildman–Crippen MR) is 109 cm³/mol. The molecular weight excluding hydrogens is 336 g/mol. The lowest BCUT2D eigenvalue weighted by molar-refractivity contribution is -0.123. The Hall–Kier alpha value is -2.69. The number of aromatic nitrogens is 3. The van der Waals surface area contributed by atoms with Crippen molar-refractivity contribution in [1.82, 2.24) is 15.0 Å². The Labute approximate surface area is 159 Å². The van der Waals surface area contributed by atoms with Gasteiger partial charge in [-0.25, -0.2) is 9.97 Å². The first-order chi connectivity index (χ1) is 13.2. The predicted octanol–water partition coefficient (Wildman–Crippen LogP) is 4.87. The molecule has 5 nitrogen and oxygen atoms in total. The zero-order valence-corrected chi connectivity index (χ0v) is 16.0. The lowest BCUT2D eigenvalue weighted by atomic mass is 9.88. The van der Waals surface area contributed by atoms with Crippen LogP contribution < -0.4 is 4.90 Å². The number of rotatable bonds is 4. The molecule has 1 N–H and O–H groups in total. The molecule has 0 spiro atoms. The number of carbonyl (C=O) groups excluding carboxylic acids is 1. The molecule has 0 atom stereocenters. The van der Waals surface area contributed by atoms with Gasteiger partial charge in [0.2, 0.25) is 5.91 Å². The van der Waals surface area contributed by atoms with Gasteiger partial charge in [0, 0.05) is 35.8 Å². The van der Waals surface area contributed by atoms with Crippen LogP contribution in [0.25, 0.3) is 22.4 Å². The molecule has 1 fully saturated rings. The minimum Gasteiger partial charge on any atom is -0.343 e. The van der Waals surface area contributed by atoms with Crippen LogP contribution in [0.2, 0.25) is 0 Å². The van der Waals surface area contributed by atoms with Gasteiger partial charge in [0.1, 0.15) is 5.69 Å². The Bertz CT molecular complexity index is 942. The summed E-state index contributed by atoms with van der Waals surface area (Å²) in [5.41, 5.74) is 3.67. The summed E-state index contributed by atoms with van der Waals surface area (Å²) in [4.78, 5) is 27.8. The Morgan fingerprint density at radius 3 is 2.70 bits per heavy atom. The lowest BCUT2D eigenvalue weighted by Crippen LogP contribution is -2.37. The van der Waals surface area contributed by atoms with E-state index >= 15 is 0 Å². The number of nitrogens with zero attached hydrogens (tertiary/aromatic N) is 3. The van der Waals surface area contributed by atoms with Crippen molar-refractivity contribution in [3.63, 3.8) is 0 Å². The van der Waals surface area contributed by atoms with Gasteiger partial charge in [-0.2, -0.15) is 0 Å². The van der Waals surface area contributed by atoms with E-state index in [0.717, 1.165) is 59.4 Å². The second-order valence-electron chi connectivity index (χ2n) is 7.31. The Morgan fingerprint density at radius 1 is 1.22 bits per heavy atom. The second-order valence-corrected chi connectivity index (χ2v) is 7.31. The van der Waals surface area contributed by atoms with Crippen LogP contribution in [-0.4, -0.2) is 27.4 Å². The fourth-order valence-electron chi connectivity index (χ4n) is 4.26. The van der Waals surface area contributed by atoms with Crippen LogP contribution in [0.3, 0.4) is 0 Å². The van der Waals surface area contributed by atoms with Crippen molar-refractivity contribution in [3.05, 3.63) is 42.2 Å². The molecule has 0 bridgehead atoms. The number of aromatic amines is 1. The average Bonchev–Trinajstić information content (AvgIpc) is 3.25. The number of amides is 1. The molecule has 0 saturated heterocycles. The summed E-state index contributed by atoms with van der Waals surface area (Å²) in [5.74, 6) is 1.12. The smallest absolute Gasteiger partial charge is 0.230 e. The van der Waals surface area contributed by atoms with E-state index in [2.05, 4.69) is 23.0 Å². The molecule has 0 unspecified atom stereocenters. The summed E-state index contributed by atoms with van der Waals surface area (Å²) < 4.78 is 0. The number of anilines is 1. The quantitative estimate of drug-likeness (QED) is 0.720. The summed E-state index contributed by atoms with van der Waals surface area (Å²) in [6.45, 7) is 4.76. The highest BCUT2D eigenvalue weighted by Crippen LogP contribution is 2.36. The number of carbonyl (C=O) groups is 1. The number of benzene rings is 1. The molecule has 1 aliphatic carbocycles. The first-order valence-electron chi connectivity index (χ1n) is 9.91. The first-order valence-corrected chi connectivity index (χ1v) is 9.91. The van der Waals surface area contributed by atoms with Crippen molar-refractivity contribution in [2.24, 2.45) is 5.92 Å². The van der Waals surface area contributed by atoms with E-state index in [-0.39, 0.29) is 11.8 Å². The zero-order valence-electron chi connectivity index (χ0n) is 16.0. The number of hydrogen-bond donors (Lipinski definition) is 1. The molecule has 140 valence electrons. The highest BCUT2D eigenvalue weighted by molar-refractivity contribution is 6.06.